The van der Waals surface area contributed by atoms with E-state index in [1.165, 1.54) is 5.56 Å². The zero-order chi connectivity index (χ0) is 17.9. The first-order valence-corrected chi connectivity index (χ1v) is 8.22. The molecule has 0 atom stereocenters. The van der Waals surface area contributed by atoms with Crippen molar-refractivity contribution >= 4 is 12.2 Å². The number of methoxy groups -OCH3 is 1. The highest BCUT2D eigenvalue weighted by Crippen LogP contribution is 2.25. The molecule has 128 valence electrons. The van der Waals surface area contributed by atoms with Crippen LogP contribution in [0, 0.1) is 0 Å². The topological polar surface area (TPSA) is 48.2 Å². The van der Waals surface area contributed by atoms with E-state index in [1.54, 1.807) is 7.11 Å². The van der Waals surface area contributed by atoms with Crippen LogP contribution in [-0.4, -0.2) is 17.3 Å². The van der Waals surface area contributed by atoms with Gasteiger partial charge in [0, 0.05) is 11.6 Å². The second kappa shape index (κ2) is 6.93. The molecule has 1 heterocycles. The lowest BCUT2D eigenvalue weighted by Crippen LogP contribution is -2.10. The number of benzene rings is 2. The summed E-state index contributed by atoms with van der Waals surface area (Å²) in [7, 11) is 1.65. The number of aromatic nitrogens is 2. The summed E-state index contributed by atoms with van der Waals surface area (Å²) in [5.74, 6) is 1.83. The van der Waals surface area contributed by atoms with Crippen LogP contribution in [0.15, 0.2) is 52.9 Å². The maximum Gasteiger partial charge on any atom is 0.248 e. The Balaban J connectivity index is 1.74. The van der Waals surface area contributed by atoms with E-state index < -0.39 is 0 Å². The van der Waals surface area contributed by atoms with E-state index in [0.29, 0.717) is 11.8 Å². The molecule has 0 unspecified atom stereocenters. The van der Waals surface area contributed by atoms with Gasteiger partial charge in [-0.25, -0.2) is 0 Å². The Bertz CT molecular complexity index is 854. The summed E-state index contributed by atoms with van der Waals surface area (Å²) in [6, 6.07) is 16.0. The molecule has 0 saturated carbocycles. The molecule has 0 aliphatic carbocycles. The number of ether oxygens (including phenoxy) is 1. The fourth-order valence-electron chi connectivity index (χ4n) is 2.41. The molecule has 3 aromatic rings. The van der Waals surface area contributed by atoms with E-state index in [-0.39, 0.29) is 5.41 Å². The third kappa shape index (κ3) is 4.15. The molecule has 1 aromatic heterocycles. The molecule has 3 rings (SSSR count). The zero-order valence-electron chi connectivity index (χ0n) is 15.0. The monoisotopic (exact) mass is 334 g/mol. The fourth-order valence-corrected chi connectivity index (χ4v) is 2.41. The van der Waals surface area contributed by atoms with Crippen LogP contribution < -0.4 is 4.74 Å². The van der Waals surface area contributed by atoms with Crippen molar-refractivity contribution in [2.24, 2.45) is 0 Å². The largest absolute Gasteiger partial charge is 0.497 e. The molecule has 0 aliphatic rings. The highest BCUT2D eigenvalue weighted by atomic mass is 16.5. The average Bonchev–Trinajstić information content (AvgIpc) is 3.09. The summed E-state index contributed by atoms with van der Waals surface area (Å²) in [6.07, 6.45) is 3.74. The van der Waals surface area contributed by atoms with Crippen LogP contribution in [-0.2, 0) is 5.41 Å². The van der Waals surface area contributed by atoms with Gasteiger partial charge in [0.1, 0.15) is 5.75 Å². The molecule has 0 bridgehead atoms. The minimum atomic E-state index is 0.125. The van der Waals surface area contributed by atoms with Crippen molar-refractivity contribution in [3.8, 4) is 17.2 Å². The molecular formula is C21H22N2O2. The number of hydrogen-bond acceptors (Lipinski definition) is 4. The Morgan fingerprint density at radius 2 is 1.56 bits per heavy atom. The van der Waals surface area contributed by atoms with Gasteiger partial charge in [-0.2, -0.15) is 0 Å². The van der Waals surface area contributed by atoms with Gasteiger partial charge >= 0.3 is 0 Å². The van der Waals surface area contributed by atoms with Gasteiger partial charge in [0.05, 0.1) is 7.11 Å². The molecule has 25 heavy (non-hydrogen) atoms. The van der Waals surface area contributed by atoms with Crippen LogP contribution in [0.1, 0.15) is 37.8 Å². The Kier molecular flexibility index (Phi) is 4.70. The highest BCUT2D eigenvalue weighted by Gasteiger charge is 2.14. The maximum atomic E-state index is 5.73. The van der Waals surface area contributed by atoms with Gasteiger partial charge in [-0.05, 0) is 46.9 Å². The van der Waals surface area contributed by atoms with Crippen LogP contribution in [0.3, 0.4) is 0 Å². The molecule has 0 saturated heterocycles. The third-order valence-corrected chi connectivity index (χ3v) is 3.97. The standard InChI is InChI=1S/C21H22N2O2/c1-21(2,3)17-10-8-16(9-11-17)20-23-22-19(25-20)14-7-15-5-12-18(24-4)13-6-15/h5-14H,1-4H3/b14-7+. The first-order valence-electron chi connectivity index (χ1n) is 8.22. The zero-order valence-corrected chi connectivity index (χ0v) is 15.0. The molecule has 0 radical (unpaired) electrons. The van der Waals surface area contributed by atoms with E-state index in [2.05, 4.69) is 43.1 Å². The lowest BCUT2D eigenvalue weighted by atomic mass is 9.87. The van der Waals surface area contributed by atoms with Gasteiger partial charge in [-0.3, -0.25) is 0 Å². The summed E-state index contributed by atoms with van der Waals surface area (Å²) in [6.45, 7) is 6.57. The van der Waals surface area contributed by atoms with Crippen LogP contribution in [0.2, 0.25) is 0 Å². The minimum absolute atomic E-state index is 0.125. The van der Waals surface area contributed by atoms with Gasteiger partial charge in [-0.15, -0.1) is 10.2 Å². The first-order chi connectivity index (χ1) is 12.0. The smallest absolute Gasteiger partial charge is 0.248 e. The van der Waals surface area contributed by atoms with Gasteiger partial charge in [0.25, 0.3) is 0 Å². The summed E-state index contributed by atoms with van der Waals surface area (Å²) in [4.78, 5) is 0. The normalized spacial score (nSPS) is 11.8. The SMILES string of the molecule is COc1ccc(/C=C/c2nnc(-c3ccc(C(C)(C)C)cc3)o2)cc1. The van der Waals surface area contributed by atoms with E-state index in [4.69, 9.17) is 9.15 Å². The van der Waals surface area contributed by atoms with Crippen molar-refractivity contribution in [2.75, 3.05) is 7.11 Å². The number of nitrogens with zero attached hydrogens (tertiary/aromatic N) is 2. The second-order valence-electron chi connectivity index (χ2n) is 6.88. The maximum absolute atomic E-state index is 5.73. The van der Waals surface area contributed by atoms with Crippen LogP contribution in [0.5, 0.6) is 5.75 Å². The van der Waals surface area contributed by atoms with Crippen molar-refractivity contribution in [1.82, 2.24) is 10.2 Å². The molecule has 4 nitrogen and oxygen atoms in total. The Morgan fingerprint density at radius 3 is 2.16 bits per heavy atom. The predicted molar refractivity (Wildman–Crippen MR) is 100 cm³/mol. The minimum Gasteiger partial charge on any atom is -0.497 e. The summed E-state index contributed by atoms with van der Waals surface area (Å²) in [5, 5.41) is 8.21. The Hall–Kier alpha value is -2.88. The molecule has 0 amide bonds. The van der Waals surface area contributed by atoms with Gasteiger partial charge in [0.15, 0.2) is 0 Å². The molecule has 4 heteroatoms. The fraction of sp³-hybridized carbons (Fsp3) is 0.238. The van der Waals surface area contributed by atoms with E-state index in [1.807, 2.05) is 48.6 Å². The summed E-state index contributed by atoms with van der Waals surface area (Å²) < 4.78 is 10.9. The van der Waals surface area contributed by atoms with Crippen molar-refractivity contribution in [2.45, 2.75) is 26.2 Å². The van der Waals surface area contributed by atoms with Crippen molar-refractivity contribution in [3.05, 3.63) is 65.5 Å². The van der Waals surface area contributed by atoms with Crippen molar-refractivity contribution in [1.29, 1.82) is 0 Å². The summed E-state index contributed by atoms with van der Waals surface area (Å²) in [5.41, 5.74) is 3.36. The molecule has 2 aromatic carbocycles. The number of hydrogen-bond donors (Lipinski definition) is 0. The first kappa shape index (κ1) is 17.0. The quantitative estimate of drug-likeness (QED) is 0.657. The Labute approximate surface area is 148 Å². The van der Waals surface area contributed by atoms with Crippen LogP contribution in [0.25, 0.3) is 23.6 Å². The van der Waals surface area contributed by atoms with Crippen molar-refractivity contribution < 1.29 is 9.15 Å². The molecule has 0 fully saturated rings. The van der Waals surface area contributed by atoms with Crippen molar-refractivity contribution in [3.63, 3.8) is 0 Å². The highest BCUT2D eigenvalue weighted by molar-refractivity contribution is 5.66. The van der Waals surface area contributed by atoms with Gasteiger partial charge < -0.3 is 9.15 Å². The third-order valence-electron chi connectivity index (χ3n) is 3.97. The predicted octanol–water partition coefficient (Wildman–Crippen LogP) is 5.21. The molecule has 0 N–H and O–H groups in total. The van der Waals surface area contributed by atoms with E-state index >= 15 is 0 Å². The van der Waals surface area contributed by atoms with Crippen LogP contribution >= 0.6 is 0 Å². The van der Waals surface area contributed by atoms with Gasteiger partial charge in [0.2, 0.25) is 11.8 Å². The number of rotatable bonds is 4. The van der Waals surface area contributed by atoms with E-state index in [0.717, 1.165) is 16.9 Å². The average molecular weight is 334 g/mol. The van der Waals surface area contributed by atoms with Crippen LogP contribution in [0.4, 0.5) is 0 Å². The molecular weight excluding hydrogens is 312 g/mol. The second-order valence-corrected chi connectivity index (χ2v) is 6.88. The Morgan fingerprint density at radius 1 is 0.880 bits per heavy atom. The van der Waals surface area contributed by atoms with Gasteiger partial charge in [-0.1, -0.05) is 45.0 Å². The molecule has 0 spiro atoms. The molecule has 0 aliphatic heterocycles. The lowest BCUT2D eigenvalue weighted by Gasteiger charge is -2.18. The summed E-state index contributed by atoms with van der Waals surface area (Å²) >= 11 is 0. The lowest BCUT2D eigenvalue weighted by molar-refractivity contribution is 0.415. The van der Waals surface area contributed by atoms with E-state index in [9.17, 15) is 0 Å².